The van der Waals surface area contributed by atoms with E-state index < -0.39 is 0 Å². The zero-order valence-corrected chi connectivity index (χ0v) is 14.0. The zero-order valence-electron chi connectivity index (χ0n) is 13.1. The Bertz CT molecular complexity index is 827. The molecule has 1 amide bonds. The molecule has 0 saturated heterocycles. The van der Waals surface area contributed by atoms with Crippen molar-refractivity contribution in [2.24, 2.45) is 0 Å². The summed E-state index contributed by atoms with van der Waals surface area (Å²) >= 11 is 1.35. The lowest BCUT2D eigenvalue weighted by molar-refractivity contribution is 0.102. The molecule has 24 heavy (non-hydrogen) atoms. The number of pyridine rings is 1. The molecule has 3 aromatic rings. The minimum absolute atomic E-state index is 0.331. The van der Waals surface area contributed by atoms with Crippen LogP contribution in [0.1, 0.15) is 10.4 Å². The third-order valence-electron chi connectivity index (χ3n) is 3.30. The van der Waals surface area contributed by atoms with Gasteiger partial charge in [0.25, 0.3) is 5.91 Å². The average molecular weight is 341 g/mol. The number of thiazole rings is 1. The van der Waals surface area contributed by atoms with Crippen LogP contribution in [-0.4, -0.2) is 30.1 Å². The smallest absolute Gasteiger partial charge is 0.265 e. The number of nitrogens with zero attached hydrogens (tertiary/aromatic N) is 2. The van der Waals surface area contributed by atoms with Crippen LogP contribution in [0.25, 0.3) is 10.6 Å². The third-order valence-corrected chi connectivity index (χ3v) is 4.23. The first kappa shape index (κ1) is 15.9. The van der Waals surface area contributed by atoms with Crippen LogP contribution in [0.15, 0.2) is 48.8 Å². The highest BCUT2D eigenvalue weighted by atomic mass is 32.1. The first-order valence-electron chi connectivity index (χ1n) is 7.12. The van der Waals surface area contributed by atoms with Gasteiger partial charge in [0.2, 0.25) is 0 Å². The summed E-state index contributed by atoms with van der Waals surface area (Å²) in [6.45, 7) is 0. The van der Waals surface area contributed by atoms with Gasteiger partial charge in [0, 0.05) is 12.4 Å². The molecule has 0 spiro atoms. The number of amides is 1. The van der Waals surface area contributed by atoms with Crippen LogP contribution in [0.4, 0.5) is 5.13 Å². The maximum atomic E-state index is 12.6. The first-order valence-corrected chi connectivity index (χ1v) is 7.94. The second-order valence-electron chi connectivity index (χ2n) is 4.74. The van der Waals surface area contributed by atoms with E-state index in [0.717, 1.165) is 10.6 Å². The van der Waals surface area contributed by atoms with Crippen LogP contribution in [0.2, 0.25) is 0 Å². The topological polar surface area (TPSA) is 73.3 Å². The minimum atomic E-state index is -0.341. The van der Waals surface area contributed by atoms with Gasteiger partial charge in [0.15, 0.2) is 5.13 Å². The molecule has 0 atom stereocenters. The lowest BCUT2D eigenvalue weighted by Crippen LogP contribution is -2.14. The van der Waals surface area contributed by atoms with Crippen molar-refractivity contribution < 1.29 is 14.3 Å². The number of methoxy groups -OCH3 is 2. The fourth-order valence-electron chi connectivity index (χ4n) is 2.19. The van der Waals surface area contributed by atoms with Crippen LogP contribution < -0.4 is 14.8 Å². The molecule has 0 aliphatic heterocycles. The summed E-state index contributed by atoms with van der Waals surface area (Å²) in [5.41, 5.74) is 1.14. The van der Waals surface area contributed by atoms with Gasteiger partial charge in [-0.2, -0.15) is 0 Å². The van der Waals surface area contributed by atoms with E-state index in [4.69, 9.17) is 9.47 Å². The van der Waals surface area contributed by atoms with Crippen LogP contribution in [0.5, 0.6) is 11.5 Å². The summed E-state index contributed by atoms with van der Waals surface area (Å²) in [6.07, 6.45) is 3.40. The molecule has 0 aliphatic carbocycles. The van der Waals surface area contributed by atoms with Gasteiger partial charge >= 0.3 is 0 Å². The summed E-state index contributed by atoms with van der Waals surface area (Å²) < 4.78 is 10.5. The number of carbonyl (C=O) groups excluding carboxylic acids is 1. The lowest BCUT2D eigenvalue weighted by atomic mass is 10.1. The number of rotatable bonds is 5. The second kappa shape index (κ2) is 7.10. The molecule has 0 fully saturated rings. The monoisotopic (exact) mass is 341 g/mol. The van der Waals surface area contributed by atoms with Gasteiger partial charge in [-0.05, 0) is 24.3 Å². The van der Waals surface area contributed by atoms with Gasteiger partial charge in [-0.1, -0.05) is 23.5 Å². The number of aromatic nitrogens is 2. The van der Waals surface area contributed by atoms with Crippen molar-refractivity contribution >= 4 is 22.4 Å². The van der Waals surface area contributed by atoms with Crippen LogP contribution >= 0.6 is 11.3 Å². The molecule has 122 valence electrons. The molecule has 3 rings (SSSR count). The zero-order chi connectivity index (χ0) is 16.9. The first-order chi connectivity index (χ1) is 11.7. The molecule has 1 aromatic carbocycles. The van der Waals surface area contributed by atoms with E-state index in [1.165, 1.54) is 25.6 Å². The number of benzene rings is 1. The SMILES string of the molecule is COc1cccc(OC)c1C(=O)Nc1ncc(-c2ccccn2)s1. The van der Waals surface area contributed by atoms with Crippen molar-refractivity contribution in [3.05, 3.63) is 54.4 Å². The Balaban J connectivity index is 1.85. The van der Waals surface area contributed by atoms with Crippen LogP contribution in [0.3, 0.4) is 0 Å². The Morgan fingerprint density at radius 2 is 1.79 bits per heavy atom. The van der Waals surface area contributed by atoms with Gasteiger partial charge in [-0.3, -0.25) is 15.1 Å². The van der Waals surface area contributed by atoms with Crippen molar-refractivity contribution in [2.75, 3.05) is 19.5 Å². The summed E-state index contributed by atoms with van der Waals surface area (Å²) in [6, 6.07) is 10.8. The van der Waals surface area contributed by atoms with E-state index in [1.54, 1.807) is 30.6 Å². The van der Waals surface area contributed by atoms with E-state index >= 15 is 0 Å². The third kappa shape index (κ3) is 3.21. The molecular formula is C17H15N3O3S. The average Bonchev–Trinajstić information content (AvgIpc) is 3.10. The Morgan fingerprint density at radius 1 is 1.04 bits per heavy atom. The van der Waals surface area contributed by atoms with Gasteiger partial charge in [-0.25, -0.2) is 4.98 Å². The van der Waals surface area contributed by atoms with Crippen molar-refractivity contribution in [3.8, 4) is 22.1 Å². The minimum Gasteiger partial charge on any atom is -0.496 e. The molecule has 0 bridgehead atoms. The van der Waals surface area contributed by atoms with E-state index in [9.17, 15) is 4.79 Å². The van der Waals surface area contributed by atoms with E-state index in [-0.39, 0.29) is 5.91 Å². The van der Waals surface area contributed by atoms with Crippen LogP contribution in [-0.2, 0) is 0 Å². The molecule has 1 N–H and O–H groups in total. The highest BCUT2D eigenvalue weighted by molar-refractivity contribution is 7.19. The predicted molar refractivity (Wildman–Crippen MR) is 92.8 cm³/mol. The number of anilines is 1. The van der Waals surface area contributed by atoms with E-state index in [0.29, 0.717) is 22.2 Å². The number of hydrogen-bond acceptors (Lipinski definition) is 6. The van der Waals surface area contributed by atoms with Crippen LogP contribution in [0, 0.1) is 0 Å². The number of nitrogens with one attached hydrogen (secondary N) is 1. The fourth-order valence-corrected chi connectivity index (χ4v) is 2.98. The Labute approximate surface area is 143 Å². The predicted octanol–water partition coefficient (Wildman–Crippen LogP) is 3.47. The highest BCUT2D eigenvalue weighted by Crippen LogP contribution is 2.31. The quantitative estimate of drug-likeness (QED) is 0.769. The molecule has 0 unspecified atom stereocenters. The summed E-state index contributed by atoms with van der Waals surface area (Å²) in [5, 5.41) is 3.26. The van der Waals surface area contributed by atoms with Gasteiger partial charge in [0.1, 0.15) is 17.1 Å². The van der Waals surface area contributed by atoms with Crippen molar-refractivity contribution in [1.82, 2.24) is 9.97 Å². The fraction of sp³-hybridized carbons (Fsp3) is 0.118. The van der Waals surface area contributed by atoms with Gasteiger partial charge in [0.05, 0.1) is 24.8 Å². The number of ether oxygens (including phenoxy) is 2. The Morgan fingerprint density at radius 3 is 2.42 bits per heavy atom. The van der Waals surface area contributed by atoms with E-state index in [2.05, 4.69) is 15.3 Å². The molecule has 0 aliphatic rings. The summed E-state index contributed by atoms with van der Waals surface area (Å²) in [5.74, 6) is 0.535. The molecule has 7 heteroatoms. The van der Waals surface area contributed by atoms with Crippen molar-refractivity contribution in [2.45, 2.75) is 0 Å². The van der Waals surface area contributed by atoms with Crippen molar-refractivity contribution in [3.63, 3.8) is 0 Å². The second-order valence-corrected chi connectivity index (χ2v) is 5.77. The molecular weight excluding hydrogens is 326 g/mol. The standard InChI is InChI=1S/C17H15N3O3S/c1-22-12-7-5-8-13(23-2)15(12)16(21)20-17-19-10-14(24-17)11-6-3-4-9-18-11/h3-10H,1-2H3,(H,19,20,21). The van der Waals surface area contributed by atoms with Gasteiger partial charge in [-0.15, -0.1) is 0 Å². The van der Waals surface area contributed by atoms with Crippen molar-refractivity contribution in [1.29, 1.82) is 0 Å². The Hall–Kier alpha value is -2.93. The largest absolute Gasteiger partial charge is 0.496 e. The Kier molecular flexibility index (Phi) is 4.72. The van der Waals surface area contributed by atoms with Gasteiger partial charge < -0.3 is 9.47 Å². The maximum Gasteiger partial charge on any atom is 0.265 e. The van der Waals surface area contributed by atoms with E-state index in [1.807, 2.05) is 18.2 Å². The maximum absolute atomic E-state index is 12.6. The molecule has 0 radical (unpaired) electrons. The summed E-state index contributed by atoms with van der Waals surface area (Å²) in [4.78, 5) is 22.0. The molecule has 6 nitrogen and oxygen atoms in total. The number of hydrogen-bond donors (Lipinski definition) is 1. The number of carbonyl (C=O) groups is 1. The molecule has 2 heterocycles. The normalized spacial score (nSPS) is 10.2. The molecule has 2 aromatic heterocycles. The lowest BCUT2D eigenvalue weighted by Gasteiger charge is -2.11. The summed E-state index contributed by atoms with van der Waals surface area (Å²) in [7, 11) is 3.02. The highest BCUT2D eigenvalue weighted by Gasteiger charge is 2.19. The molecule has 0 saturated carbocycles.